The molecule has 2 amide bonds. The van der Waals surface area contributed by atoms with Gasteiger partial charge in [0.15, 0.2) is 0 Å². The van der Waals surface area contributed by atoms with E-state index in [-0.39, 0.29) is 23.1 Å². The number of carbonyl (C=O) groups is 2. The molecule has 1 saturated heterocycles. The molecule has 0 bridgehead atoms. The summed E-state index contributed by atoms with van der Waals surface area (Å²) >= 11 is 3.40. The third kappa shape index (κ3) is 2.54. The number of hydrogen-bond donors (Lipinski definition) is 1. The lowest BCUT2D eigenvalue weighted by molar-refractivity contribution is -0.119. The molecule has 1 aromatic heterocycles. The van der Waals surface area contributed by atoms with Crippen molar-refractivity contribution >= 4 is 40.6 Å². The summed E-state index contributed by atoms with van der Waals surface area (Å²) in [7, 11) is 0. The topological polar surface area (TPSA) is 49.4 Å². The molecule has 0 spiro atoms. The second-order valence-corrected chi connectivity index (χ2v) is 8.28. The summed E-state index contributed by atoms with van der Waals surface area (Å²) in [5.41, 5.74) is 3.33. The van der Waals surface area contributed by atoms with Crippen LogP contribution in [0.4, 0.5) is 5.69 Å². The van der Waals surface area contributed by atoms with Gasteiger partial charge in [-0.15, -0.1) is 0 Å². The van der Waals surface area contributed by atoms with Crippen molar-refractivity contribution in [3.63, 3.8) is 0 Å². The van der Waals surface area contributed by atoms with Gasteiger partial charge >= 0.3 is 0 Å². The number of thioether (sulfide) groups is 1. The van der Waals surface area contributed by atoms with Crippen LogP contribution in [-0.2, 0) is 4.79 Å². The summed E-state index contributed by atoms with van der Waals surface area (Å²) in [5.74, 6) is 0.851. The van der Waals surface area contributed by atoms with E-state index < -0.39 is 0 Å². The fraction of sp³-hybridized carbons (Fsp3) is 0.333. The van der Waals surface area contributed by atoms with E-state index in [1.807, 2.05) is 29.6 Å². The van der Waals surface area contributed by atoms with Crippen molar-refractivity contribution in [2.24, 2.45) is 0 Å². The van der Waals surface area contributed by atoms with Crippen molar-refractivity contribution in [3.05, 3.63) is 40.6 Å². The summed E-state index contributed by atoms with van der Waals surface area (Å²) in [6.45, 7) is 2.74. The van der Waals surface area contributed by atoms with Gasteiger partial charge in [0.25, 0.3) is 5.91 Å². The Morgan fingerprint density at radius 1 is 1.29 bits per heavy atom. The average molecular weight is 358 g/mol. The van der Waals surface area contributed by atoms with Gasteiger partial charge in [-0.3, -0.25) is 9.59 Å². The summed E-state index contributed by atoms with van der Waals surface area (Å²) in [5, 5.41) is 7.24. The number of nitrogens with zero attached hydrogens (tertiary/aromatic N) is 1. The zero-order chi connectivity index (χ0) is 16.7. The first kappa shape index (κ1) is 15.7. The summed E-state index contributed by atoms with van der Waals surface area (Å²) in [6, 6.07) is 7.40. The van der Waals surface area contributed by atoms with Crippen molar-refractivity contribution in [1.82, 2.24) is 4.90 Å². The van der Waals surface area contributed by atoms with Crippen LogP contribution in [0.1, 0.15) is 23.7 Å². The van der Waals surface area contributed by atoms with E-state index in [1.54, 1.807) is 28.0 Å². The number of amides is 2. The van der Waals surface area contributed by atoms with Crippen LogP contribution in [0, 0.1) is 0 Å². The molecule has 24 heavy (non-hydrogen) atoms. The fourth-order valence-electron chi connectivity index (χ4n) is 3.49. The molecule has 4 nitrogen and oxygen atoms in total. The molecule has 2 aromatic rings. The molecule has 0 radical (unpaired) electrons. The first-order chi connectivity index (χ1) is 11.7. The minimum absolute atomic E-state index is 0.0374. The summed E-state index contributed by atoms with van der Waals surface area (Å²) < 4.78 is 0. The van der Waals surface area contributed by atoms with Crippen LogP contribution in [0.3, 0.4) is 0 Å². The molecule has 0 unspecified atom stereocenters. The van der Waals surface area contributed by atoms with E-state index in [4.69, 9.17) is 0 Å². The number of carbonyl (C=O) groups excluding carboxylic acids is 2. The molecule has 6 heteroatoms. The molecule has 1 fully saturated rings. The average Bonchev–Trinajstić information content (AvgIpc) is 3.22. The van der Waals surface area contributed by atoms with Crippen molar-refractivity contribution in [3.8, 4) is 11.1 Å². The highest BCUT2D eigenvalue weighted by atomic mass is 32.2. The maximum Gasteiger partial charge on any atom is 0.256 e. The summed E-state index contributed by atoms with van der Waals surface area (Å²) in [6.07, 6.45) is 0.877. The maximum atomic E-state index is 13.1. The fourth-order valence-corrected chi connectivity index (χ4v) is 5.31. The molecule has 4 rings (SSSR count). The Kier molecular flexibility index (Phi) is 4.10. The largest absolute Gasteiger partial charge is 0.325 e. The Bertz CT molecular complexity index is 788. The van der Waals surface area contributed by atoms with Crippen molar-refractivity contribution in [2.45, 2.75) is 24.6 Å². The van der Waals surface area contributed by atoms with Gasteiger partial charge in [-0.1, -0.05) is 13.0 Å². The first-order valence-electron chi connectivity index (χ1n) is 8.09. The van der Waals surface area contributed by atoms with Crippen LogP contribution >= 0.6 is 23.1 Å². The Labute approximate surface area is 149 Å². The minimum Gasteiger partial charge on any atom is -0.325 e. The Balaban J connectivity index is 1.74. The van der Waals surface area contributed by atoms with Crippen molar-refractivity contribution in [2.75, 3.05) is 17.6 Å². The van der Waals surface area contributed by atoms with Gasteiger partial charge in [0.1, 0.15) is 6.04 Å². The normalized spacial score (nSPS) is 22.8. The van der Waals surface area contributed by atoms with Gasteiger partial charge in [0, 0.05) is 11.8 Å². The number of anilines is 1. The standard InChI is InChI=1S/C18H18N2O2S2/c1-2-24-15-5-7-20-16(15)17(21)19-14-4-3-11(9-13(14)18(20)22)12-6-8-23-10-12/h3-4,6,8-10,15-16H,2,5,7H2,1H3,(H,19,21)/t15-,16+/m1/s1. The SMILES string of the molecule is CCS[C@@H]1CCN2C(=O)c3cc(-c4ccsc4)ccc3NC(=O)[C@H]12. The molecule has 0 aliphatic carbocycles. The van der Waals surface area contributed by atoms with Gasteiger partial charge in [-0.25, -0.2) is 0 Å². The van der Waals surface area contributed by atoms with Crippen LogP contribution in [0.15, 0.2) is 35.0 Å². The lowest BCUT2D eigenvalue weighted by Crippen LogP contribution is -2.44. The number of thiophene rings is 1. The number of benzene rings is 1. The van der Waals surface area contributed by atoms with Gasteiger partial charge < -0.3 is 10.2 Å². The van der Waals surface area contributed by atoms with E-state index in [1.165, 1.54) is 0 Å². The molecule has 0 saturated carbocycles. The zero-order valence-electron chi connectivity index (χ0n) is 13.3. The highest BCUT2D eigenvalue weighted by Crippen LogP contribution is 2.36. The second kappa shape index (κ2) is 6.26. The lowest BCUT2D eigenvalue weighted by atomic mass is 10.0. The molecule has 124 valence electrons. The molecular weight excluding hydrogens is 340 g/mol. The molecule has 3 heterocycles. The molecule has 1 aromatic carbocycles. The minimum atomic E-state index is -0.362. The number of rotatable bonds is 3. The lowest BCUT2D eigenvalue weighted by Gasteiger charge is -2.23. The monoisotopic (exact) mass is 358 g/mol. The molecular formula is C18H18N2O2S2. The molecule has 1 N–H and O–H groups in total. The number of nitrogens with one attached hydrogen (secondary N) is 1. The Morgan fingerprint density at radius 2 is 2.17 bits per heavy atom. The van der Waals surface area contributed by atoms with Crippen molar-refractivity contribution < 1.29 is 9.59 Å². The second-order valence-electron chi connectivity index (χ2n) is 5.99. The van der Waals surface area contributed by atoms with Crippen LogP contribution in [0.25, 0.3) is 11.1 Å². The van der Waals surface area contributed by atoms with Crippen LogP contribution < -0.4 is 5.32 Å². The van der Waals surface area contributed by atoms with E-state index in [9.17, 15) is 9.59 Å². The van der Waals surface area contributed by atoms with Gasteiger partial charge in [0.05, 0.1) is 11.3 Å². The Hall–Kier alpha value is -1.79. The van der Waals surface area contributed by atoms with E-state index in [2.05, 4.69) is 17.6 Å². The predicted octanol–water partition coefficient (Wildman–Crippen LogP) is 3.70. The number of fused-ring (bicyclic) bond motifs is 2. The van der Waals surface area contributed by atoms with Crippen molar-refractivity contribution in [1.29, 1.82) is 0 Å². The van der Waals surface area contributed by atoms with Crippen LogP contribution in [-0.4, -0.2) is 40.3 Å². The van der Waals surface area contributed by atoms with Gasteiger partial charge in [-0.2, -0.15) is 23.1 Å². The molecule has 2 atom stereocenters. The first-order valence-corrected chi connectivity index (χ1v) is 10.1. The van der Waals surface area contributed by atoms with Crippen LogP contribution in [0.2, 0.25) is 0 Å². The third-order valence-corrected chi connectivity index (χ3v) is 6.55. The maximum absolute atomic E-state index is 13.1. The van der Waals surface area contributed by atoms with Gasteiger partial charge in [0.2, 0.25) is 5.91 Å². The molecule has 2 aliphatic rings. The van der Waals surface area contributed by atoms with E-state index in [0.717, 1.165) is 23.3 Å². The molecule has 2 aliphatic heterocycles. The Morgan fingerprint density at radius 3 is 2.92 bits per heavy atom. The predicted molar refractivity (Wildman–Crippen MR) is 99.7 cm³/mol. The highest BCUT2D eigenvalue weighted by molar-refractivity contribution is 7.99. The quantitative estimate of drug-likeness (QED) is 0.910. The van der Waals surface area contributed by atoms with E-state index in [0.29, 0.717) is 17.8 Å². The highest BCUT2D eigenvalue weighted by Gasteiger charge is 2.44. The zero-order valence-corrected chi connectivity index (χ0v) is 15.0. The van der Waals surface area contributed by atoms with Crippen LogP contribution in [0.5, 0.6) is 0 Å². The van der Waals surface area contributed by atoms with E-state index >= 15 is 0 Å². The smallest absolute Gasteiger partial charge is 0.256 e. The third-order valence-electron chi connectivity index (χ3n) is 4.62. The summed E-state index contributed by atoms with van der Waals surface area (Å²) in [4.78, 5) is 27.5. The number of hydrogen-bond acceptors (Lipinski definition) is 4. The van der Waals surface area contributed by atoms with Gasteiger partial charge in [-0.05, 0) is 52.3 Å².